The molecule has 1 aromatic heterocycles. The van der Waals surface area contributed by atoms with E-state index < -0.39 is 0 Å². The topological polar surface area (TPSA) is 29.9 Å². The molecule has 1 atom stereocenters. The summed E-state index contributed by atoms with van der Waals surface area (Å²) < 4.78 is 14.9. The minimum Gasteiger partial charge on any atom is -0.375 e. The Bertz CT molecular complexity index is 519. The number of rotatable bonds is 3. The second-order valence-corrected chi connectivity index (χ2v) is 4.22. The minimum absolute atomic E-state index is 0.0826. The van der Waals surface area contributed by atoms with Gasteiger partial charge in [0.25, 0.3) is 0 Å². The molecule has 17 heavy (non-hydrogen) atoms. The minimum atomic E-state index is -0.210. The third kappa shape index (κ3) is 2.46. The molecule has 0 radical (unpaired) electrons. The van der Waals surface area contributed by atoms with Gasteiger partial charge in [0, 0.05) is 25.1 Å². The lowest BCUT2D eigenvalue weighted by atomic mass is 10.1. The number of aryl methyl sites for hydroxylation is 2. The van der Waals surface area contributed by atoms with Crippen molar-refractivity contribution in [1.82, 2.24) is 9.55 Å². The summed E-state index contributed by atoms with van der Waals surface area (Å²) in [5.41, 5.74) is 1.83. The van der Waals surface area contributed by atoms with Crippen molar-refractivity contribution in [3.63, 3.8) is 0 Å². The molecule has 1 unspecified atom stereocenters. The van der Waals surface area contributed by atoms with Gasteiger partial charge in [-0.15, -0.1) is 0 Å². The molecule has 0 aliphatic rings. The Balaban J connectivity index is 2.19. The van der Waals surface area contributed by atoms with E-state index in [9.17, 15) is 4.39 Å². The Morgan fingerprint density at radius 1 is 1.41 bits per heavy atom. The van der Waals surface area contributed by atoms with Crippen LogP contribution >= 0.6 is 0 Å². The van der Waals surface area contributed by atoms with E-state index in [4.69, 9.17) is 0 Å². The van der Waals surface area contributed by atoms with Crippen LogP contribution in [-0.2, 0) is 7.05 Å². The van der Waals surface area contributed by atoms with Gasteiger partial charge in [0.2, 0.25) is 0 Å². The van der Waals surface area contributed by atoms with Crippen LogP contribution in [0.4, 0.5) is 10.1 Å². The van der Waals surface area contributed by atoms with Crippen molar-refractivity contribution in [2.75, 3.05) is 5.32 Å². The fraction of sp³-hybridized carbons (Fsp3) is 0.308. The van der Waals surface area contributed by atoms with Gasteiger partial charge in [-0.3, -0.25) is 0 Å². The highest BCUT2D eigenvalue weighted by molar-refractivity contribution is 5.51. The van der Waals surface area contributed by atoms with Crippen LogP contribution in [0, 0.1) is 12.7 Å². The predicted molar refractivity (Wildman–Crippen MR) is 66.4 cm³/mol. The van der Waals surface area contributed by atoms with Gasteiger partial charge in [0.15, 0.2) is 0 Å². The van der Waals surface area contributed by atoms with Crippen LogP contribution in [-0.4, -0.2) is 9.55 Å². The maximum atomic E-state index is 13.0. The van der Waals surface area contributed by atoms with Gasteiger partial charge < -0.3 is 9.88 Å². The number of nitrogens with one attached hydrogen (secondary N) is 1. The number of benzene rings is 1. The molecule has 0 saturated heterocycles. The molecule has 4 heteroatoms. The van der Waals surface area contributed by atoms with Crippen molar-refractivity contribution in [2.24, 2.45) is 7.05 Å². The van der Waals surface area contributed by atoms with E-state index in [1.165, 1.54) is 12.1 Å². The highest BCUT2D eigenvalue weighted by atomic mass is 19.1. The van der Waals surface area contributed by atoms with Gasteiger partial charge in [-0.2, -0.15) is 0 Å². The Hall–Kier alpha value is -1.84. The average Bonchev–Trinajstić information content (AvgIpc) is 2.68. The van der Waals surface area contributed by atoms with Crippen molar-refractivity contribution in [2.45, 2.75) is 19.9 Å². The number of aromatic nitrogens is 2. The summed E-state index contributed by atoms with van der Waals surface area (Å²) in [5.74, 6) is 0.742. The van der Waals surface area contributed by atoms with Crippen LogP contribution in [0.1, 0.15) is 24.4 Å². The largest absolute Gasteiger partial charge is 0.375 e. The van der Waals surface area contributed by atoms with Crippen LogP contribution in [0.25, 0.3) is 0 Å². The molecule has 1 N–H and O–H groups in total. The third-order valence-corrected chi connectivity index (χ3v) is 2.81. The van der Waals surface area contributed by atoms with E-state index in [-0.39, 0.29) is 11.9 Å². The lowest BCUT2D eigenvalue weighted by Crippen LogP contribution is -2.12. The van der Waals surface area contributed by atoms with Crippen molar-refractivity contribution in [3.05, 3.63) is 47.8 Å². The average molecular weight is 233 g/mol. The molecule has 2 aromatic rings. The summed E-state index contributed by atoms with van der Waals surface area (Å²) in [4.78, 5) is 4.29. The highest BCUT2D eigenvalue weighted by Crippen LogP contribution is 2.21. The Kier molecular flexibility index (Phi) is 3.13. The van der Waals surface area contributed by atoms with Crippen LogP contribution in [0.5, 0.6) is 0 Å². The predicted octanol–water partition coefficient (Wildman–Crippen LogP) is 3.04. The molecular formula is C13H16FN3. The van der Waals surface area contributed by atoms with E-state index in [0.29, 0.717) is 0 Å². The van der Waals surface area contributed by atoms with Gasteiger partial charge in [0.05, 0.1) is 6.04 Å². The van der Waals surface area contributed by atoms with Gasteiger partial charge in [-0.25, -0.2) is 9.37 Å². The highest BCUT2D eigenvalue weighted by Gasteiger charge is 2.11. The fourth-order valence-corrected chi connectivity index (χ4v) is 1.88. The standard InChI is InChI=1S/C13H16FN3/c1-9-8-11(14)4-5-12(9)16-10(2)13-15-6-7-17(13)3/h4-8,10,16H,1-3H3. The van der Waals surface area contributed by atoms with E-state index in [1.54, 1.807) is 12.3 Å². The zero-order chi connectivity index (χ0) is 12.4. The van der Waals surface area contributed by atoms with Crippen molar-refractivity contribution < 1.29 is 4.39 Å². The number of halogens is 1. The molecular weight excluding hydrogens is 217 g/mol. The lowest BCUT2D eigenvalue weighted by molar-refractivity contribution is 0.626. The summed E-state index contributed by atoms with van der Waals surface area (Å²) >= 11 is 0. The van der Waals surface area contributed by atoms with Crippen LogP contribution in [0.2, 0.25) is 0 Å². The summed E-state index contributed by atoms with van der Waals surface area (Å²) in [5, 5.41) is 3.33. The summed E-state index contributed by atoms with van der Waals surface area (Å²) in [6.07, 6.45) is 3.68. The Morgan fingerprint density at radius 2 is 2.18 bits per heavy atom. The maximum absolute atomic E-state index is 13.0. The fourth-order valence-electron chi connectivity index (χ4n) is 1.88. The first-order chi connectivity index (χ1) is 8.08. The molecule has 0 aliphatic heterocycles. The van der Waals surface area contributed by atoms with Crippen LogP contribution < -0.4 is 5.32 Å². The molecule has 0 spiro atoms. The smallest absolute Gasteiger partial charge is 0.130 e. The van der Waals surface area contributed by atoms with Crippen molar-refractivity contribution >= 4 is 5.69 Å². The van der Waals surface area contributed by atoms with Crippen LogP contribution in [0.15, 0.2) is 30.6 Å². The normalized spacial score (nSPS) is 12.5. The summed E-state index contributed by atoms with van der Waals surface area (Å²) in [6, 6.07) is 4.82. The van der Waals surface area contributed by atoms with Crippen molar-refractivity contribution in [1.29, 1.82) is 0 Å². The van der Waals surface area contributed by atoms with Gasteiger partial charge in [0.1, 0.15) is 11.6 Å². The first-order valence-corrected chi connectivity index (χ1v) is 5.58. The molecule has 0 fully saturated rings. The van der Waals surface area contributed by atoms with Gasteiger partial charge in [-0.1, -0.05) is 0 Å². The molecule has 90 valence electrons. The monoisotopic (exact) mass is 233 g/mol. The summed E-state index contributed by atoms with van der Waals surface area (Å²) in [6.45, 7) is 3.92. The SMILES string of the molecule is Cc1cc(F)ccc1NC(C)c1nccn1C. The number of hydrogen-bond acceptors (Lipinski definition) is 2. The molecule has 0 bridgehead atoms. The first kappa shape index (κ1) is 11.6. The van der Waals surface area contributed by atoms with E-state index >= 15 is 0 Å². The van der Waals surface area contributed by atoms with Crippen LogP contribution in [0.3, 0.4) is 0 Å². The zero-order valence-electron chi connectivity index (χ0n) is 10.2. The van der Waals surface area contributed by atoms with E-state index in [1.807, 2.05) is 31.7 Å². The third-order valence-electron chi connectivity index (χ3n) is 2.81. The second-order valence-electron chi connectivity index (χ2n) is 4.22. The zero-order valence-corrected chi connectivity index (χ0v) is 10.2. The number of hydrogen-bond donors (Lipinski definition) is 1. The molecule has 1 heterocycles. The molecule has 0 aliphatic carbocycles. The summed E-state index contributed by atoms with van der Waals surface area (Å²) in [7, 11) is 1.96. The molecule has 0 saturated carbocycles. The molecule has 1 aromatic carbocycles. The van der Waals surface area contributed by atoms with Crippen molar-refractivity contribution in [3.8, 4) is 0 Å². The molecule has 3 nitrogen and oxygen atoms in total. The lowest BCUT2D eigenvalue weighted by Gasteiger charge is -2.16. The van der Waals surface area contributed by atoms with Gasteiger partial charge >= 0.3 is 0 Å². The molecule has 0 amide bonds. The quantitative estimate of drug-likeness (QED) is 0.883. The second kappa shape index (κ2) is 4.57. The Labute approximate surface area is 100 Å². The maximum Gasteiger partial charge on any atom is 0.130 e. The Morgan fingerprint density at radius 3 is 2.76 bits per heavy atom. The van der Waals surface area contributed by atoms with E-state index in [2.05, 4.69) is 10.3 Å². The van der Waals surface area contributed by atoms with E-state index in [0.717, 1.165) is 17.1 Å². The number of nitrogens with zero attached hydrogens (tertiary/aromatic N) is 2. The number of imidazole rings is 1. The van der Waals surface area contributed by atoms with Gasteiger partial charge in [-0.05, 0) is 37.6 Å². The first-order valence-electron chi connectivity index (χ1n) is 5.58. The molecule has 2 rings (SSSR count). The number of anilines is 1.